The van der Waals surface area contributed by atoms with Crippen molar-refractivity contribution < 1.29 is 14.3 Å². The lowest BCUT2D eigenvalue weighted by Crippen LogP contribution is -2.12. The van der Waals surface area contributed by atoms with E-state index in [2.05, 4.69) is 4.74 Å². The van der Waals surface area contributed by atoms with Crippen molar-refractivity contribution in [1.82, 2.24) is 0 Å². The standard InChI is InChI=1S/C10H14O3/c1-2-13-10(12)7-9(11)8-5-3-4-6-8/h5H,2-4,6-7H2,1H3. The molecule has 0 saturated heterocycles. The molecule has 13 heavy (non-hydrogen) atoms. The number of hydrogen-bond acceptors (Lipinski definition) is 3. The molecule has 0 saturated carbocycles. The van der Waals surface area contributed by atoms with Crippen molar-refractivity contribution in [1.29, 1.82) is 0 Å². The van der Waals surface area contributed by atoms with Crippen LogP contribution in [0.3, 0.4) is 0 Å². The third kappa shape index (κ3) is 3.01. The van der Waals surface area contributed by atoms with E-state index < -0.39 is 5.97 Å². The molecule has 0 amide bonds. The maximum atomic E-state index is 11.4. The molecule has 1 aliphatic carbocycles. The highest BCUT2D eigenvalue weighted by atomic mass is 16.5. The Bertz CT molecular complexity index is 241. The summed E-state index contributed by atoms with van der Waals surface area (Å²) in [7, 11) is 0. The molecular weight excluding hydrogens is 168 g/mol. The van der Waals surface area contributed by atoms with E-state index in [0.717, 1.165) is 24.8 Å². The monoisotopic (exact) mass is 182 g/mol. The van der Waals surface area contributed by atoms with Crippen LogP contribution in [0.2, 0.25) is 0 Å². The number of carbonyl (C=O) groups excluding carboxylic acids is 2. The third-order valence-electron chi connectivity index (χ3n) is 2.01. The van der Waals surface area contributed by atoms with Crippen molar-refractivity contribution in [2.24, 2.45) is 0 Å². The van der Waals surface area contributed by atoms with Gasteiger partial charge >= 0.3 is 5.97 Å². The van der Waals surface area contributed by atoms with Crippen LogP contribution in [-0.2, 0) is 14.3 Å². The molecule has 0 bridgehead atoms. The van der Waals surface area contributed by atoms with Gasteiger partial charge < -0.3 is 4.74 Å². The number of ketones is 1. The average molecular weight is 182 g/mol. The molecule has 1 rings (SSSR count). The number of rotatable bonds is 4. The van der Waals surface area contributed by atoms with Crippen molar-refractivity contribution >= 4 is 11.8 Å². The predicted octanol–water partition coefficient (Wildman–Crippen LogP) is 1.62. The number of Topliss-reactive ketones (excluding diaryl/α,β-unsaturated/α-hetero) is 1. The normalized spacial score (nSPS) is 15.3. The zero-order chi connectivity index (χ0) is 9.68. The number of hydrogen-bond donors (Lipinski definition) is 0. The summed E-state index contributed by atoms with van der Waals surface area (Å²) in [5.41, 5.74) is 0.799. The van der Waals surface area contributed by atoms with Gasteiger partial charge in [0.15, 0.2) is 5.78 Å². The lowest BCUT2D eigenvalue weighted by Gasteiger charge is -2.01. The van der Waals surface area contributed by atoms with Gasteiger partial charge in [-0.05, 0) is 31.8 Å². The lowest BCUT2D eigenvalue weighted by atomic mass is 10.1. The van der Waals surface area contributed by atoms with Gasteiger partial charge in [-0.25, -0.2) is 0 Å². The molecular formula is C10H14O3. The van der Waals surface area contributed by atoms with Gasteiger partial charge in [0.05, 0.1) is 6.61 Å². The fourth-order valence-corrected chi connectivity index (χ4v) is 1.38. The van der Waals surface area contributed by atoms with Gasteiger partial charge in [-0.2, -0.15) is 0 Å². The molecule has 0 N–H and O–H groups in total. The Balaban J connectivity index is 2.36. The smallest absolute Gasteiger partial charge is 0.313 e. The van der Waals surface area contributed by atoms with Crippen LogP contribution in [0.1, 0.15) is 32.6 Å². The first-order chi connectivity index (χ1) is 6.24. The highest BCUT2D eigenvalue weighted by molar-refractivity contribution is 6.05. The van der Waals surface area contributed by atoms with Crippen LogP contribution in [0.4, 0.5) is 0 Å². The molecule has 0 fully saturated rings. The first-order valence-electron chi connectivity index (χ1n) is 4.62. The van der Waals surface area contributed by atoms with Gasteiger partial charge in [0.25, 0.3) is 0 Å². The minimum atomic E-state index is -0.416. The van der Waals surface area contributed by atoms with Gasteiger partial charge in [-0.1, -0.05) is 6.08 Å². The summed E-state index contributed by atoms with van der Waals surface area (Å²) in [5, 5.41) is 0. The topological polar surface area (TPSA) is 43.4 Å². The van der Waals surface area contributed by atoms with Crippen molar-refractivity contribution in [2.45, 2.75) is 32.6 Å². The van der Waals surface area contributed by atoms with E-state index in [-0.39, 0.29) is 12.2 Å². The Morgan fingerprint density at radius 3 is 2.85 bits per heavy atom. The molecule has 0 atom stereocenters. The summed E-state index contributed by atoms with van der Waals surface area (Å²) in [5.74, 6) is -0.490. The summed E-state index contributed by atoms with van der Waals surface area (Å²) < 4.78 is 4.69. The van der Waals surface area contributed by atoms with Crippen LogP contribution in [0.15, 0.2) is 11.6 Å². The second kappa shape index (κ2) is 4.80. The predicted molar refractivity (Wildman–Crippen MR) is 48.2 cm³/mol. The molecule has 1 aliphatic rings. The Morgan fingerprint density at radius 1 is 1.54 bits per heavy atom. The first-order valence-corrected chi connectivity index (χ1v) is 4.62. The molecule has 0 radical (unpaired) electrons. The zero-order valence-corrected chi connectivity index (χ0v) is 7.84. The van der Waals surface area contributed by atoms with E-state index in [9.17, 15) is 9.59 Å². The van der Waals surface area contributed by atoms with E-state index in [1.165, 1.54) is 0 Å². The maximum absolute atomic E-state index is 11.4. The second-order valence-electron chi connectivity index (χ2n) is 3.03. The molecule has 0 aromatic carbocycles. The Morgan fingerprint density at radius 2 is 2.31 bits per heavy atom. The van der Waals surface area contributed by atoms with Crippen LogP contribution in [0, 0.1) is 0 Å². The van der Waals surface area contributed by atoms with Crippen LogP contribution >= 0.6 is 0 Å². The van der Waals surface area contributed by atoms with Crippen LogP contribution in [0.5, 0.6) is 0 Å². The minimum Gasteiger partial charge on any atom is -0.466 e. The molecule has 72 valence electrons. The molecule has 3 heteroatoms. The van der Waals surface area contributed by atoms with Gasteiger partial charge in [0.2, 0.25) is 0 Å². The minimum absolute atomic E-state index is 0.0732. The SMILES string of the molecule is CCOC(=O)CC(=O)C1=CCCC1. The van der Waals surface area contributed by atoms with E-state index in [1.807, 2.05) is 6.08 Å². The maximum Gasteiger partial charge on any atom is 0.313 e. The fraction of sp³-hybridized carbons (Fsp3) is 0.600. The highest BCUT2D eigenvalue weighted by Gasteiger charge is 2.16. The van der Waals surface area contributed by atoms with Crippen LogP contribution < -0.4 is 0 Å². The van der Waals surface area contributed by atoms with Gasteiger partial charge in [-0.3, -0.25) is 9.59 Å². The molecule has 3 nitrogen and oxygen atoms in total. The van der Waals surface area contributed by atoms with Gasteiger partial charge in [-0.15, -0.1) is 0 Å². The van der Waals surface area contributed by atoms with E-state index >= 15 is 0 Å². The summed E-state index contributed by atoms with van der Waals surface area (Å²) in [6.45, 7) is 2.07. The van der Waals surface area contributed by atoms with E-state index in [4.69, 9.17) is 0 Å². The van der Waals surface area contributed by atoms with Crippen molar-refractivity contribution in [3.05, 3.63) is 11.6 Å². The zero-order valence-electron chi connectivity index (χ0n) is 7.84. The van der Waals surface area contributed by atoms with Gasteiger partial charge in [0.1, 0.15) is 6.42 Å². The molecule has 0 spiro atoms. The quantitative estimate of drug-likeness (QED) is 0.490. The van der Waals surface area contributed by atoms with E-state index in [0.29, 0.717) is 6.61 Å². The number of esters is 1. The second-order valence-corrected chi connectivity index (χ2v) is 3.03. The Hall–Kier alpha value is -1.12. The summed E-state index contributed by atoms with van der Waals surface area (Å²) in [6, 6.07) is 0. The third-order valence-corrected chi connectivity index (χ3v) is 2.01. The molecule has 0 heterocycles. The summed E-state index contributed by atoms with van der Waals surface area (Å²) in [4.78, 5) is 22.3. The summed E-state index contributed by atoms with van der Waals surface area (Å²) in [6.07, 6.45) is 4.63. The average Bonchev–Trinajstić information content (AvgIpc) is 2.55. The number of carbonyl (C=O) groups is 2. The lowest BCUT2D eigenvalue weighted by molar-refractivity contribution is -0.144. The van der Waals surface area contributed by atoms with E-state index in [1.54, 1.807) is 6.92 Å². The molecule has 0 aromatic rings. The molecule has 0 unspecified atom stereocenters. The Kier molecular flexibility index (Phi) is 3.68. The summed E-state index contributed by atoms with van der Waals surface area (Å²) >= 11 is 0. The first kappa shape index (κ1) is 9.96. The molecule has 0 aromatic heterocycles. The number of allylic oxidation sites excluding steroid dienone is 2. The van der Waals surface area contributed by atoms with Crippen LogP contribution in [0.25, 0.3) is 0 Å². The molecule has 0 aliphatic heterocycles. The Labute approximate surface area is 77.8 Å². The van der Waals surface area contributed by atoms with Crippen molar-refractivity contribution in [3.63, 3.8) is 0 Å². The van der Waals surface area contributed by atoms with Crippen molar-refractivity contribution in [3.8, 4) is 0 Å². The largest absolute Gasteiger partial charge is 0.466 e. The van der Waals surface area contributed by atoms with Crippen molar-refractivity contribution in [2.75, 3.05) is 6.61 Å². The highest BCUT2D eigenvalue weighted by Crippen LogP contribution is 2.19. The van der Waals surface area contributed by atoms with Gasteiger partial charge in [0, 0.05) is 0 Å². The fourth-order valence-electron chi connectivity index (χ4n) is 1.38. The number of ether oxygens (including phenoxy) is 1. The van der Waals surface area contributed by atoms with Crippen LogP contribution in [-0.4, -0.2) is 18.4 Å².